The van der Waals surface area contributed by atoms with Crippen molar-refractivity contribution in [1.82, 2.24) is 34.3 Å². The highest BCUT2D eigenvalue weighted by Gasteiger charge is 2.30. The van der Waals surface area contributed by atoms with E-state index in [1.165, 1.54) is 5.69 Å². The van der Waals surface area contributed by atoms with Crippen molar-refractivity contribution in [3.8, 4) is 11.3 Å². The van der Waals surface area contributed by atoms with Gasteiger partial charge in [-0.1, -0.05) is 0 Å². The lowest BCUT2D eigenvalue weighted by Gasteiger charge is -2.18. The van der Waals surface area contributed by atoms with Crippen molar-refractivity contribution in [2.75, 3.05) is 16.4 Å². The number of nitrogen functional groups attached to an aromatic ring is 1. The minimum atomic E-state index is -0.00685. The van der Waals surface area contributed by atoms with Crippen molar-refractivity contribution in [2.45, 2.75) is 52.2 Å². The molecule has 0 spiro atoms. The Bertz CT molecular complexity index is 1690. The maximum Gasteiger partial charge on any atom is 0.153 e. The van der Waals surface area contributed by atoms with Crippen LogP contribution in [0.15, 0.2) is 43.0 Å². The number of anilines is 4. The smallest absolute Gasteiger partial charge is 0.153 e. The molecule has 2 aliphatic rings. The van der Waals surface area contributed by atoms with Crippen molar-refractivity contribution in [2.24, 2.45) is 0 Å². The Morgan fingerprint density at radius 2 is 1.97 bits per heavy atom. The summed E-state index contributed by atoms with van der Waals surface area (Å²) in [5.41, 5.74) is 12.6. The van der Waals surface area contributed by atoms with E-state index in [9.17, 15) is 0 Å². The van der Waals surface area contributed by atoms with Crippen LogP contribution in [0.3, 0.4) is 0 Å². The summed E-state index contributed by atoms with van der Waals surface area (Å²) in [6, 6.07) is 6.13. The molecule has 4 N–H and O–H groups in total. The average molecular weight is 493 g/mol. The van der Waals surface area contributed by atoms with E-state index in [4.69, 9.17) is 20.8 Å². The zero-order chi connectivity index (χ0) is 25.3. The number of nitrogens with zero attached hydrogens (tertiary/aromatic N) is 7. The lowest BCUT2D eigenvalue weighted by molar-refractivity contribution is 0.588. The van der Waals surface area contributed by atoms with Crippen molar-refractivity contribution < 1.29 is 0 Å². The highest BCUT2D eigenvalue weighted by atomic mass is 15.3. The molecular formula is C27H28N10. The second-order valence-electron chi connectivity index (χ2n) is 10.6. The molecule has 7 rings (SSSR count). The second kappa shape index (κ2) is 7.76. The summed E-state index contributed by atoms with van der Waals surface area (Å²) in [5, 5.41) is 13.5. The first kappa shape index (κ1) is 21.8. The van der Waals surface area contributed by atoms with Crippen molar-refractivity contribution in [3.05, 3.63) is 65.8 Å². The summed E-state index contributed by atoms with van der Waals surface area (Å²) < 4.78 is 4.19. The molecule has 10 nitrogen and oxygen atoms in total. The molecule has 0 fully saturated rings. The lowest BCUT2D eigenvalue weighted by atomic mass is 10.0. The number of aromatic nitrogens is 7. The fraction of sp³-hybridized carbons (Fsp3) is 0.296. The van der Waals surface area contributed by atoms with Gasteiger partial charge < -0.3 is 20.9 Å². The molecule has 0 saturated carbocycles. The van der Waals surface area contributed by atoms with E-state index in [1.807, 2.05) is 29.3 Å². The van der Waals surface area contributed by atoms with Gasteiger partial charge in [0.05, 0.1) is 23.6 Å². The Labute approximate surface area is 214 Å². The molecule has 5 aromatic rings. The van der Waals surface area contributed by atoms with Crippen LogP contribution in [0, 0.1) is 6.92 Å². The van der Waals surface area contributed by atoms with Gasteiger partial charge in [-0.3, -0.25) is 9.67 Å². The van der Waals surface area contributed by atoms with E-state index in [1.54, 1.807) is 6.20 Å². The van der Waals surface area contributed by atoms with Crippen molar-refractivity contribution >= 4 is 33.9 Å². The van der Waals surface area contributed by atoms with Crippen LogP contribution < -0.4 is 16.4 Å². The number of aryl methyl sites for hydroxylation is 2. The van der Waals surface area contributed by atoms with Gasteiger partial charge in [0.1, 0.15) is 17.5 Å². The summed E-state index contributed by atoms with van der Waals surface area (Å²) in [7, 11) is 0. The normalized spacial score (nSPS) is 15.5. The van der Waals surface area contributed by atoms with Crippen LogP contribution in [0.1, 0.15) is 36.6 Å². The molecular weight excluding hydrogens is 464 g/mol. The third-order valence-corrected chi connectivity index (χ3v) is 7.33. The zero-order valence-electron chi connectivity index (χ0n) is 21.1. The largest absolute Gasteiger partial charge is 0.383 e. The maximum absolute atomic E-state index is 6.38. The van der Waals surface area contributed by atoms with Gasteiger partial charge in [-0.2, -0.15) is 5.10 Å². The molecule has 7 heterocycles. The molecule has 0 atom stereocenters. The van der Waals surface area contributed by atoms with E-state index in [0.717, 1.165) is 70.0 Å². The Morgan fingerprint density at radius 3 is 2.86 bits per heavy atom. The van der Waals surface area contributed by atoms with Crippen LogP contribution in [0.4, 0.5) is 23.1 Å². The summed E-state index contributed by atoms with van der Waals surface area (Å²) in [6.45, 7) is 8.04. The number of rotatable bonds is 3. The van der Waals surface area contributed by atoms with Gasteiger partial charge in [-0.25, -0.2) is 15.0 Å². The zero-order valence-corrected chi connectivity index (χ0v) is 21.1. The molecule has 186 valence electrons. The quantitative estimate of drug-likeness (QED) is 0.344. The highest BCUT2D eigenvalue weighted by Crippen LogP contribution is 2.38. The van der Waals surface area contributed by atoms with Gasteiger partial charge in [0.2, 0.25) is 0 Å². The Morgan fingerprint density at radius 1 is 1.08 bits per heavy atom. The monoisotopic (exact) mass is 492 g/mol. The number of fused-ring (bicyclic) bond motifs is 4. The standard InChI is InChI=1S/C27H28N10/c1-15-18(12-30-21-11-27(2,3)34-25(15)21)20-8-16-9-22(31-13-19(16)26(28)32-20)33-23-10-17-4-6-36-7-5-29-24(36)14-37(17)35-23/h5,7-10,12-13,34H,4,6,11,14H2,1-3H3,(H2,28,32)(H,31,33,35). The number of imidazole rings is 1. The third-order valence-electron chi connectivity index (χ3n) is 7.33. The number of hydrogen-bond donors (Lipinski definition) is 3. The van der Waals surface area contributed by atoms with Gasteiger partial charge in [-0.05, 0) is 43.9 Å². The van der Waals surface area contributed by atoms with E-state index in [0.29, 0.717) is 18.2 Å². The van der Waals surface area contributed by atoms with Crippen LogP contribution in [-0.2, 0) is 25.9 Å². The number of pyridine rings is 3. The lowest BCUT2D eigenvalue weighted by Crippen LogP contribution is -2.27. The molecule has 5 aromatic heterocycles. The predicted octanol–water partition coefficient (Wildman–Crippen LogP) is 4.07. The molecule has 0 saturated heterocycles. The van der Waals surface area contributed by atoms with E-state index in [2.05, 4.69) is 58.1 Å². The van der Waals surface area contributed by atoms with Crippen molar-refractivity contribution in [3.63, 3.8) is 0 Å². The van der Waals surface area contributed by atoms with Gasteiger partial charge in [0.25, 0.3) is 0 Å². The first-order valence-electron chi connectivity index (χ1n) is 12.5. The molecule has 37 heavy (non-hydrogen) atoms. The fourth-order valence-electron chi connectivity index (χ4n) is 5.44. The number of nitrogens with two attached hydrogens (primary N) is 1. The average Bonchev–Trinajstić information content (AvgIpc) is 3.52. The fourth-order valence-corrected chi connectivity index (χ4v) is 5.44. The topological polar surface area (TPSA) is 124 Å². The van der Waals surface area contributed by atoms with Crippen LogP contribution in [-0.4, -0.2) is 39.8 Å². The first-order valence-corrected chi connectivity index (χ1v) is 12.5. The SMILES string of the molecule is Cc1c(-c2cc3cc(Nc4cc5n(n4)Cc4nccn4CC5)ncc3c(N)n2)cnc2c1NC(C)(C)C2. The predicted molar refractivity (Wildman–Crippen MR) is 144 cm³/mol. The molecule has 10 heteroatoms. The minimum absolute atomic E-state index is 0.00685. The maximum atomic E-state index is 6.38. The first-order chi connectivity index (χ1) is 17.8. The summed E-state index contributed by atoms with van der Waals surface area (Å²) in [4.78, 5) is 18.5. The van der Waals surface area contributed by atoms with E-state index in [-0.39, 0.29) is 5.54 Å². The molecule has 2 aliphatic heterocycles. The second-order valence-corrected chi connectivity index (χ2v) is 10.6. The summed E-state index contributed by atoms with van der Waals surface area (Å²) in [6.07, 6.45) is 9.34. The molecule has 0 aliphatic carbocycles. The van der Waals surface area contributed by atoms with Gasteiger partial charge in [0.15, 0.2) is 5.82 Å². The van der Waals surface area contributed by atoms with Gasteiger partial charge in [-0.15, -0.1) is 0 Å². The number of nitrogens with one attached hydrogen (secondary N) is 2. The summed E-state index contributed by atoms with van der Waals surface area (Å²) >= 11 is 0. The van der Waals surface area contributed by atoms with E-state index < -0.39 is 0 Å². The Hall–Kier alpha value is -4.47. The molecule has 0 amide bonds. The molecule has 0 aromatic carbocycles. The van der Waals surface area contributed by atoms with Crippen LogP contribution >= 0.6 is 0 Å². The molecule has 0 bridgehead atoms. The van der Waals surface area contributed by atoms with Gasteiger partial charge >= 0.3 is 0 Å². The Balaban J connectivity index is 1.22. The highest BCUT2D eigenvalue weighted by molar-refractivity contribution is 5.95. The van der Waals surface area contributed by atoms with Gasteiger partial charge in [0, 0.05) is 72.4 Å². The minimum Gasteiger partial charge on any atom is -0.383 e. The molecule has 0 radical (unpaired) electrons. The van der Waals surface area contributed by atoms with Crippen molar-refractivity contribution in [1.29, 1.82) is 0 Å². The van der Waals surface area contributed by atoms with E-state index >= 15 is 0 Å². The van der Waals surface area contributed by atoms with Crippen LogP contribution in [0.25, 0.3) is 22.0 Å². The molecule has 0 unspecified atom stereocenters. The van der Waals surface area contributed by atoms with Crippen LogP contribution in [0.2, 0.25) is 0 Å². The van der Waals surface area contributed by atoms with Crippen LogP contribution in [0.5, 0.6) is 0 Å². The number of hydrogen-bond acceptors (Lipinski definition) is 8. The summed E-state index contributed by atoms with van der Waals surface area (Å²) in [5.74, 6) is 2.93. The third kappa shape index (κ3) is 3.67. The Kier molecular flexibility index (Phi) is 4.57.